The van der Waals surface area contributed by atoms with E-state index < -0.39 is 0 Å². The van der Waals surface area contributed by atoms with Crippen LogP contribution in [-0.2, 0) is 0 Å². The van der Waals surface area contributed by atoms with E-state index in [1.54, 1.807) is 0 Å². The second-order valence-electron chi connectivity index (χ2n) is 11.7. The smallest absolute Gasteiger partial charge is 0.136 e. The molecule has 10 rings (SSSR count). The summed E-state index contributed by atoms with van der Waals surface area (Å²) >= 11 is 0. The fourth-order valence-electron chi connectivity index (χ4n) is 7.21. The van der Waals surface area contributed by atoms with Crippen molar-refractivity contribution in [1.29, 1.82) is 0 Å². The number of benzene rings is 7. The first kappa shape index (κ1) is 24.4. The van der Waals surface area contributed by atoms with E-state index in [4.69, 9.17) is 8.83 Å². The van der Waals surface area contributed by atoms with Gasteiger partial charge in [-0.05, 0) is 71.3 Å². The lowest BCUT2D eigenvalue weighted by Crippen LogP contribution is -1.96. The molecule has 10 aromatic rings. The highest BCUT2D eigenvalue weighted by molar-refractivity contribution is 6.26. The number of para-hydroxylation sites is 3. The minimum absolute atomic E-state index is 0.859. The molecule has 3 heteroatoms. The van der Waals surface area contributed by atoms with Gasteiger partial charge in [-0.25, -0.2) is 0 Å². The zero-order chi connectivity index (χ0) is 29.5. The molecule has 0 saturated heterocycles. The summed E-state index contributed by atoms with van der Waals surface area (Å²) in [4.78, 5) is 0. The van der Waals surface area contributed by atoms with E-state index in [-0.39, 0.29) is 0 Å². The predicted octanol–water partition coefficient (Wildman–Crippen LogP) is 11.9. The van der Waals surface area contributed by atoms with Gasteiger partial charge >= 0.3 is 0 Å². The molecular formula is C42H25NO2. The van der Waals surface area contributed by atoms with Crippen LogP contribution in [0.4, 0.5) is 0 Å². The van der Waals surface area contributed by atoms with E-state index in [1.807, 2.05) is 18.2 Å². The van der Waals surface area contributed by atoms with Crippen LogP contribution in [0.5, 0.6) is 0 Å². The molecule has 0 bridgehead atoms. The number of fused-ring (bicyclic) bond motifs is 10. The highest BCUT2D eigenvalue weighted by Crippen LogP contribution is 2.43. The summed E-state index contributed by atoms with van der Waals surface area (Å²) < 4.78 is 15.2. The number of hydrogen-bond donors (Lipinski definition) is 0. The lowest BCUT2D eigenvalue weighted by molar-refractivity contribution is 0.663. The van der Waals surface area contributed by atoms with Crippen LogP contribution in [0.2, 0.25) is 0 Å². The highest BCUT2D eigenvalue weighted by atomic mass is 16.3. The molecule has 0 saturated carbocycles. The van der Waals surface area contributed by atoms with Gasteiger partial charge in [0.1, 0.15) is 22.3 Å². The molecular weight excluding hydrogens is 550 g/mol. The van der Waals surface area contributed by atoms with E-state index in [2.05, 4.69) is 138 Å². The van der Waals surface area contributed by atoms with Gasteiger partial charge in [-0.2, -0.15) is 0 Å². The highest BCUT2D eigenvalue weighted by Gasteiger charge is 2.19. The van der Waals surface area contributed by atoms with Crippen LogP contribution in [0.3, 0.4) is 0 Å². The van der Waals surface area contributed by atoms with Gasteiger partial charge < -0.3 is 13.4 Å². The van der Waals surface area contributed by atoms with Crippen molar-refractivity contribution in [2.75, 3.05) is 0 Å². The van der Waals surface area contributed by atoms with Crippen LogP contribution >= 0.6 is 0 Å². The summed E-state index contributed by atoms with van der Waals surface area (Å²) in [5, 5.41) is 6.86. The zero-order valence-electron chi connectivity index (χ0n) is 24.2. The SMILES string of the molecule is c1ccc(-c2ccc3oc4ccc5oc6ccc(-c7ccccc7-n7c8ccccc8c8ccccc87)cc6c5c4c3c2)cc1. The Bertz CT molecular complexity index is 2710. The first-order valence-electron chi connectivity index (χ1n) is 15.3. The number of hydrogen-bond acceptors (Lipinski definition) is 2. The lowest BCUT2D eigenvalue weighted by Gasteiger charge is -2.14. The summed E-state index contributed by atoms with van der Waals surface area (Å²) in [6.45, 7) is 0. The minimum Gasteiger partial charge on any atom is -0.456 e. The van der Waals surface area contributed by atoms with Gasteiger partial charge in [-0.1, -0.05) is 97.1 Å². The van der Waals surface area contributed by atoms with E-state index in [1.165, 1.54) is 27.4 Å². The Morgan fingerprint density at radius 2 is 0.867 bits per heavy atom. The molecule has 0 radical (unpaired) electrons. The van der Waals surface area contributed by atoms with E-state index in [9.17, 15) is 0 Å². The van der Waals surface area contributed by atoms with Crippen LogP contribution in [-0.4, -0.2) is 4.57 Å². The number of aromatic nitrogens is 1. The first-order chi connectivity index (χ1) is 22.3. The monoisotopic (exact) mass is 575 g/mol. The third-order valence-electron chi connectivity index (χ3n) is 9.21. The molecule has 0 fully saturated rings. The van der Waals surface area contributed by atoms with E-state index in [0.29, 0.717) is 0 Å². The Hall–Kier alpha value is -6.06. The molecule has 3 nitrogen and oxygen atoms in total. The van der Waals surface area contributed by atoms with Gasteiger partial charge in [0.15, 0.2) is 0 Å². The summed E-state index contributed by atoms with van der Waals surface area (Å²) in [6, 6.07) is 53.6. The maximum atomic E-state index is 6.46. The number of furan rings is 2. The van der Waals surface area contributed by atoms with Gasteiger partial charge in [0.25, 0.3) is 0 Å². The van der Waals surface area contributed by atoms with Gasteiger partial charge in [0.05, 0.1) is 16.7 Å². The fraction of sp³-hybridized carbons (Fsp3) is 0. The molecule has 0 atom stereocenters. The summed E-state index contributed by atoms with van der Waals surface area (Å²) in [5.74, 6) is 0. The van der Waals surface area contributed by atoms with Gasteiger partial charge in [-0.15, -0.1) is 0 Å². The molecule has 210 valence electrons. The topological polar surface area (TPSA) is 31.2 Å². The molecule has 0 spiro atoms. The number of nitrogens with zero attached hydrogens (tertiary/aromatic N) is 1. The molecule has 0 N–H and O–H groups in total. The normalized spacial score (nSPS) is 12.0. The quantitative estimate of drug-likeness (QED) is 0.210. The average molecular weight is 576 g/mol. The van der Waals surface area contributed by atoms with Gasteiger partial charge in [0, 0.05) is 37.9 Å². The summed E-state index contributed by atoms with van der Waals surface area (Å²) in [7, 11) is 0. The Morgan fingerprint density at radius 3 is 1.53 bits per heavy atom. The van der Waals surface area contributed by atoms with Crippen molar-refractivity contribution in [3.05, 3.63) is 152 Å². The molecule has 3 aromatic heterocycles. The summed E-state index contributed by atoms with van der Waals surface area (Å²) in [6.07, 6.45) is 0. The van der Waals surface area contributed by atoms with Crippen LogP contribution in [0.1, 0.15) is 0 Å². The fourth-order valence-corrected chi connectivity index (χ4v) is 7.21. The van der Waals surface area contributed by atoms with Crippen LogP contribution in [0, 0.1) is 0 Å². The third kappa shape index (κ3) is 3.52. The second-order valence-corrected chi connectivity index (χ2v) is 11.7. The van der Waals surface area contributed by atoms with Crippen molar-refractivity contribution in [3.63, 3.8) is 0 Å². The van der Waals surface area contributed by atoms with Crippen molar-refractivity contribution in [3.8, 4) is 27.9 Å². The second kappa shape index (κ2) is 9.22. The Labute approximate surface area is 258 Å². The third-order valence-corrected chi connectivity index (χ3v) is 9.21. The Kier molecular flexibility index (Phi) is 5.00. The van der Waals surface area contributed by atoms with Crippen LogP contribution in [0.25, 0.3) is 93.6 Å². The standard InChI is InChI=1S/C42H25NO2/c1-2-10-26(11-3-1)27-18-20-37-32(24-27)41-39(44-37)22-23-40-42(41)33-25-28(19-21-38(33)45-40)29-12-4-7-15-34(29)43-35-16-8-5-13-30(35)31-14-6-9-17-36(31)43/h1-25H. The molecule has 0 aliphatic heterocycles. The molecule has 45 heavy (non-hydrogen) atoms. The molecule has 7 aromatic carbocycles. The number of rotatable bonds is 3. The van der Waals surface area contributed by atoms with Crippen molar-refractivity contribution in [2.24, 2.45) is 0 Å². The predicted molar refractivity (Wildman–Crippen MR) is 186 cm³/mol. The average Bonchev–Trinajstić information content (AvgIpc) is 3.77. The Balaban J connectivity index is 1.24. The van der Waals surface area contributed by atoms with E-state index >= 15 is 0 Å². The minimum atomic E-state index is 0.859. The first-order valence-corrected chi connectivity index (χ1v) is 15.3. The summed E-state index contributed by atoms with van der Waals surface area (Å²) in [5.41, 5.74) is 11.6. The molecule has 0 aliphatic carbocycles. The van der Waals surface area contributed by atoms with Crippen LogP contribution in [0.15, 0.2) is 160 Å². The Morgan fingerprint density at radius 1 is 0.356 bits per heavy atom. The van der Waals surface area contributed by atoms with Crippen molar-refractivity contribution in [1.82, 2.24) is 4.57 Å². The maximum Gasteiger partial charge on any atom is 0.136 e. The van der Waals surface area contributed by atoms with Crippen molar-refractivity contribution in [2.45, 2.75) is 0 Å². The molecule has 0 unspecified atom stereocenters. The molecule has 3 heterocycles. The lowest BCUT2D eigenvalue weighted by atomic mass is 9.98. The van der Waals surface area contributed by atoms with Crippen molar-refractivity contribution >= 4 is 65.7 Å². The van der Waals surface area contributed by atoms with Gasteiger partial charge in [-0.3, -0.25) is 0 Å². The van der Waals surface area contributed by atoms with Crippen LogP contribution < -0.4 is 0 Å². The largest absolute Gasteiger partial charge is 0.456 e. The molecule has 0 aliphatic rings. The van der Waals surface area contributed by atoms with E-state index in [0.717, 1.165) is 66.3 Å². The molecule has 0 amide bonds. The zero-order valence-corrected chi connectivity index (χ0v) is 24.2. The van der Waals surface area contributed by atoms with Gasteiger partial charge in [0.2, 0.25) is 0 Å². The maximum absolute atomic E-state index is 6.46. The van der Waals surface area contributed by atoms with Crippen molar-refractivity contribution < 1.29 is 8.83 Å².